The zero-order valence-electron chi connectivity index (χ0n) is 8.02. The summed E-state index contributed by atoms with van der Waals surface area (Å²) in [5.41, 5.74) is 1.41. The average molecular weight is 188 g/mol. The molecule has 1 rings (SSSR count). The van der Waals surface area contributed by atoms with E-state index in [0.717, 1.165) is 18.3 Å². The minimum Gasteiger partial charge on any atom is -0.299 e. The van der Waals surface area contributed by atoms with Crippen molar-refractivity contribution in [2.24, 2.45) is 5.92 Å². The SMILES string of the molecule is CC(C)=CCN1CCC(CCl)C1. The van der Waals surface area contributed by atoms with Crippen LogP contribution in [-0.4, -0.2) is 30.4 Å². The summed E-state index contributed by atoms with van der Waals surface area (Å²) in [5, 5.41) is 0. The van der Waals surface area contributed by atoms with Crippen molar-refractivity contribution >= 4 is 11.6 Å². The minimum absolute atomic E-state index is 0.734. The molecule has 70 valence electrons. The van der Waals surface area contributed by atoms with E-state index in [4.69, 9.17) is 11.6 Å². The van der Waals surface area contributed by atoms with E-state index in [0.29, 0.717) is 0 Å². The largest absolute Gasteiger partial charge is 0.299 e. The molecule has 0 aliphatic carbocycles. The number of hydrogen-bond acceptors (Lipinski definition) is 1. The zero-order chi connectivity index (χ0) is 8.97. The third kappa shape index (κ3) is 3.16. The van der Waals surface area contributed by atoms with E-state index in [-0.39, 0.29) is 0 Å². The summed E-state index contributed by atoms with van der Waals surface area (Å²) in [6.07, 6.45) is 3.57. The van der Waals surface area contributed by atoms with E-state index in [9.17, 15) is 0 Å². The second kappa shape index (κ2) is 4.88. The Hall–Kier alpha value is -0.0100. The molecular weight excluding hydrogens is 170 g/mol. The fourth-order valence-electron chi connectivity index (χ4n) is 1.52. The van der Waals surface area contributed by atoms with Gasteiger partial charge in [-0.2, -0.15) is 0 Å². The van der Waals surface area contributed by atoms with Crippen LogP contribution in [0.3, 0.4) is 0 Å². The topological polar surface area (TPSA) is 3.24 Å². The molecule has 1 heterocycles. The molecule has 0 N–H and O–H groups in total. The van der Waals surface area contributed by atoms with Gasteiger partial charge in [0.05, 0.1) is 0 Å². The van der Waals surface area contributed by atoms with Crippen molar-refractivity contribution in [2.45, 2.75) is 20.3 Å². The highest BCUT2D eigenvalue weighted by atomic mass is 35.5. The van der Waals surface area contributed by atoms with Gasteiger partial charge in [-0.15, -0.1) is 11.6 Å². The molecule has 1 aliphatic rings. The number of nitrogens with zero attached hydrogens (tertiary/aromatic N) is 1. The van der Waals surface area contributed by atoms with Crippen LogP contribution in [0.5, 0.6) is 0 Å². The van der Waals surface area contributed by atoms with Crippen molar-refractivity contribution in [3.05, 3.63) is 11.6 Å². The van der Waals surface area contributed by atoms with Crippen LogP contribution in [0.25, 0.3) is 0 Å². The Labute approximate surface area is 80.4 Å². The highest BCUT2D eigenvalue weighted by molar-refractivity contribution is 6.18. The fourth-order valence-corrected chi connectivity index (χ4v) is 1.77. The maximum Gasteiger partial charge on any atom is 0.0264 e. The zero-order valence-corrected chi connectivity index (χ0v) is 8.77. The van der Waals surface area contributed by atoms with Gasteiger partial charge >= 0.3 is 0 Å². The van der Waals surface area contributed by atoms with E-state index < -0.39 is 0 Å². The molecule has 1 aliphatic heterocycles. The lowest BCUT2D eigenvalue weighted by Crippen LogP contribution is -2.21. The third-order valence-corrected chi connectivity index (χ3v) is 2.78. The number of alkyl halides is 1. The van der Waals surface area contributed by atoms with Gasteiger partial charge in [-0.1, -0.05) is 11.6 Å². The molecular formula is C10H18ClN. The first-order valence-electron chi connectivity index (χ1n) is 4.64. The lowest BCUT2D eigenvalue weighted by atomic mass is 10.2. The Morgan fingerprint density at radius 1 is 1.58 bits per heavy atom. The van der Waals surface area contributed by atoms with Crippen molar-refractivity contribution in [2.75, 3.05) is 25.5 Å². The highest BCUT2D eigenvalue weighted by Gasteiger charge is 2.19. The minimum atomic E-state index is 0.734. The third-order valence-electron chi connectivity index (χ3n) is 2.35. The Balaban J connectivity index is 2.23. The van der Waals surface area contributed by atoms with Gasteiger partial charge in [0.25, 0.3) is 0 Å². The maximum atomic E-state index is 5.79. The quantitative estimate of drug-likeness (QED) is 0.485. The Morgan fingerprint density at radius 2 is 2.33 bits per heavy atom. The van der Waals surface area contributed by atoms with Crippen molar-refractivity contribution in [1.82, 2.24) is 4.90 Å². The first kappa shape index (κ1) is 10.1. The summed E-state index contributed by atoms with van der Waals surface area (Å²) < 4.78 is 0. The molecule has 12 heavy (non-hydrogen) atoms. The smallest absolute Gasteiger partial charge is 0.0264 e. The van der Waals surface area contributed by atoms with Crippen molar-refractivity contribution in [3.8, 4) is 0 Å². The first-order valence-corrected chi connectivity index (χ1v) is 5.17. The van der Waals surface area contributed by atoms with Crippen molar-refractivity contribution in [3.63, 3.8) is 0 Å². The summed E-state index contributed by atoms with van der Waals surface area (Å²) in [5.74, 6) is 1.56. The van der Waals surface area contributed by atoms with Gasteiger partial charge in [-0.05, 0) is 32.7 Å². The molecule has 0 radical (unpaired) electrons. The van der Waals surface area contributed by atoms with Crippen LogP contribution in [0.15, 0.2) is 11.6 Å². The van der Waals surface area contributed by atoms with Crippen LogP contribution in [0.1, 0.15) is 20.3 Å². The monoisotopic (exact) mass is 187 g/mol. The van der Waals surface area contributed by atoms with Gasteiger partial charge in [-0.25, -0.2) is 0 Å². The van der Waals surface area contributed by atoms with Crippen LogP contribution < -0.4 is 0 Å². The predicted octanol–water partition coefficient (Wildman–Crippen LogP) is 2.51. The van der Waals surface area contributed by atoms with E-state index in [1.165, 1.54) is 25.1 Å². The number of likely N-dealkylation sites (tertiary alicyclic amines) is 1. The molecule has 1 unspecified atom stereocenters. The molecule has 1 fully saturated rings. The summed E-state index contributed by atoms with van der Waals surface area (Å²) >= 11 is 5.79. The van der Waals surface area contributed by atoms with E-state index >= 15 is 0 Å². The van der Waals surface area contributed by atoms with E-state index in [1.807, 2.05) is 0 Å². The normalized spacial score (nSPS) is 24.4. The number of hydrogen-bond donors (Lipinski definition) is 0. The second-order valence-corrected chi connectivity index (χ2v) is 4.16. The summed E-state index contributed by atoms with van der Waals surface area (Å²) in [6, 6.07) is 0. The Morgan fingerprint density at radius 3 is 2.83 bits per heavy atom. The van der Waals surface area contributed by atoms with Crippen LogP contribution in [0, 0.1) is 5.92 Å². The van der Waals surface area contributed by atoms with Crippen LogP contribution in [0.2, 0.25) is 0 Å². The highest BCUT2D eigenvalue weighted by Crippen LogP contribution is 2.16. The van der Waals surface area contributed by atoms with Crippen LogP contribution >= 0.6 is 11.6 Å². The molecule has 1 atom stereocenters. The molecule has 1 saturated heterocycles. The second-order valence-electron chi connectivity index (χ2n) is 3.85. The lowest BCUT2D eigenvalue weighted by Gasteiger charge is -2.12. The van der Waals surface area contributed by atoms with Gasteiger partial charge in [0.2, 0.25) is 0 Å². The lowest BCUT2D eigenvalue weighted by molar-refractivity contribution is 0.364. The average Bonchev–Trinajstić information content (AvgIpc) is 2.48. The van der Waals surface area contributed by atoms with Gasteiger partial charge in [0.15, 0.2) is 0 Å². The molecule has 0 saturated carbocycles. The molecule has 0 bridgehead atoms. The summed E-state index contributed by atoms with van der Waals surface area (Å²) in [6.45, 7) is 7.81. The van der Waals surface area contributed by atoms with Crippen LogP contribution in [0.4, 0.5) is 0 Å². The molecule has 0 aromatic carbocycles. The van der Waals surface area contributed by atoms with E-state index in [1.54, 1.807) is 0 Å². The van der Waals surface area contributed by atoms with Crippen molar-refractivity contribution in [1.29, 1.82) is 0 Å². The molecule has 0 aromatic heterocycles. The van der Waals surface area contributed by atoms with Gasteiger partial charge < -0.3 is 0 Å². The van der Waals surface area contributed by atoms with Gasteiger partial charge in [0, 0.05) is 19.0 Å². The van der Waals surface area contributed by atoms with E-state index in [2.05, 4.69) is 24.8 Å². The molecule has 0 amide bonds. The molecule has 0 spiro atoms. The molecule has 0 aromatic rings. The predicted molar refractivity (Wildman–Crippen MR) is 54.7 cm³/mol. The van der Waals surface area contributed by atoms with Gasteiger partial charge in [0.1, 0.15) is 0 Å². The fraction of sp³-hybridized carbons (Fsp3) is 0.800. The number of halogens is 1. The number of allylic oxidation sites excluding steroid dienone is 1. The number of rotatable bonds is 3. The standard InChI is InChI=1S/C10H18ClN/c1-9(2)3-5-12-6-4-10(7-11)8-12/h3,10H,4-8H2,1-2H3. The molecule has 2 heteroatoms. The first-order chi connectivity index (χ1) is 5.72. The van der Waals surface area contributed by atoms with Gasteiger partial charge in [-0.3, -0.25) is 4.90 Å². The Kier molecular flexibility index (Phi) is 4.10. The summed E-state index contributed by atoms with van der Waals surface area (Å²) in [4.78, 5) is 2.47. The molecule has 1 nitrogen and oxygen atoms in total. The van der Waals surface area contributed by atoms with Crippen molar-refractivity contribution < 1.29 is 0 Å². The van der Waals surface area contributed by atoms with Crippen LogP contribution in [-0.2, 0) is 0 Å². The maximum absolute atomic E-state index is 5.79. The Bertz CT molecular complexity index is 161. The summed E-state index contributed by atoms with van der Waals surface area (Å²) in [7, 11) is 0.